The van der Waals surface area contributed by atoms with Crippen LogP contribution in [0.3, 0.4) is 0 Å². The van der Waals surface area contributed by atoms with Crippen LogP contribution in [0.2, 0.25) is 0 Å². The Morgan fingerprint density at radius 3 is 2.08 bits per heavy atom. The molecule has 122 valence electrons. The van der Waals surface area contributed by atoms with Crippen LogP contribution in [0.4, 0.5) is 5.69 Å². The minimum atomic E-state index is -4.00. The van der Waals surface area contributed by atoms with E-state index in [-0.39, 0.29) is 4.90 Å². The maximum atomic E-state index is 10.4. The molecule has 0 atom stereocenters. The second kappa shape index (κ2) is 6.47. The SMILES string of the molecule is Nc1cccc2c1Cc1ccccc1-2.O=S(=O)(O)c1ccccc1. The van der Waals surface area contributed by atoms with Gasteiger partial charge in [-0.05, 0) is 40.5 Å². The lowest BCUT2D eigenvalue weighted by Gasteiger charge is -2.02. The highest BCUT2D eigenvalue weighted by Crippen LogP contribution is 2.38. The summed E-state index contributed by atoms with van der Waals surface area (Å²) in [6.07, 6.45) is 0.984. The summed E-state index contributed by atoms with van der Waals surface area (Å²) in [5.74, 6) is 0. The van der Waals surface area contributed by atoms with E-state index in [0.29, 0.717) is 0 Å². The normalized spacial score (nSPS) is 11.9. The van der Waals surface area contributed by atoms with E-state index < -0.39 is 10.1 Å². The summed E-state index contributed by atoms with van der Waals surface area (Å²) in [5, 5.41) is 0. The van der Waals surface area contributed by atoms with Crippen LogP contribution >= 0.6 is 0 Å². The molecule has 0 radical (unpaired) electrons. The fourth-order valence-electron chi connectivity index (χ4n) is 2.77. The van der Waals surface area contributed by atoms with Crippen LogP contribution in [0.25, 0.3) is 11.1 Å². The molecule has 0 fully saturated rings. The van der Waals surface area contributed by atoms with Crippen molar-refractivity contribution in [2.75, 3.05) is 5.73 Å². The number of nitrogens with two attached hydrogens (primary N) is 1. The highest BCUT2D eigenvalue weighted by molar-refractivity contribution is 7.85. The van der Waals surface area contributed by atoms with E-state index >= 15 is 0 Å². The second-order valence-corrected chi connectivity index (χ2v) is 6.92. The van der Waals surface area contributed by atoms with Gasteiger partial charge in [-0.1, -0.05) is 54.6 Å². The third-order valence-electron chi connectivity index (χ3n) is 3.93. The minimum Gasteiger partial charge on any atom is -0.398 e. The lowest BCUT2D eigenvalue weighted by molar-refractivity contribution is 0.483. The summed E-state index contributed by atoms with van der Waals surface area (Å²) in [6.45, 7) is 0. The van der Waals surface area contributed by atoms with Crippen molar-refractivity contribution in [2.24, 2.45) is 0 Å². The van der Waals surface area contributed by atoms with E-state index in [1.807, 2.05) is 12.1 Å². The Balaban J connectivity index is 0.000000150. The molecule has 1 aliphatic carbocycles. The number of fused-ring (bicyclic) bond motifs is 3. The van der Waals surface area contributed by atoms with Crippen molar-refractivity contribution in [3.63, 3.8) is 0 Å². The fraction of sp³-hybridized carbons (Fsp3) is 0.0526. The van der Waals surface area contributed by atoms with Crippen molar-refractivity contribution in [1.29, 1.82) is 0 Å². The van der Waals surface area contributed by atoms with Crippen molar-refractivity contribution >= 4 is 15.8 Å². The van der Waals surface area contributed by atoms with Crippen LogP contribution in [0.1, 0.15) is 11.1 Å². The highest BCUT2D eigenvalue weighted by Gasteiger charge is 2.18. The van der Waals surface area contributed by atoms with E-state index in [2.05, 4.69) is 30.3 Å². The first-order valence-electron chi connectivity index (χ1n) is 7.45. The van der Waals surface area contributed by atoms with Crippen molar-refractivity contribution in [3.05, 3.63) is 83.9 Å². The number of benzene rings is 3. The molecule has 5 heteroatoms. The quantitative estimate of drug-likeness (QED) is 0.408. The van der Waals surface area contributed by atoms with E-state index in [4.69, 9.17) is 10.3 Å². The Hall–Kier alpha value is -2.63. The summed E-state index contributed by atoms with van der Waals surface area (Å²) in [5.41, 5.74) is 12.2. The Bertz CT molecular complexity index is 967. The molecule has 0 aliphatic heterocycles. The summed E-state index contributed by atoms with van der Waals surface area (Å²) in [7, 11) is -4.00. The van der Waals surface area contributed by atoms with Crippen LogP contribution in [0.15, 0.2) is 77.7 Å². The number of rotatable bonds is 1. The number of nitrogen functional groups attached to an aromatic ring is 1. The average molecular weight is 339 g/mol. The molecule has 0 amide bonds. The van der Waals surface area contributed by atoms with Gasteiger partial charge in [0.05, 0.1) is 4.90 Å². The summed E-state index contributed by atoms with van der Waals surface area (Å²) in [4.78, 5) is -0.0741. The molecular weight excluding hydrogens is 322 g/mol. The smallest absolute Gasteiger partial charge is 0.294 e. The molecule has 0 aromatic heterocycles. The Morgan fingerprint density at radius 1 is 0.792 bits per heavy atom. The molecule has 0 saturated heterocycles. The average Bonchev–Trinajstić information content (AvgIpc) is 2.96. The number of hydrogen-bond acceptors (Lipinski definition) is 3. The zero-order valence-electron chi connectivity index (χ0n) is 12.9. The van der Waals surface area contributed by atoms with Gasteiger partial charge in [0.15, 0.2) is 0 Å². The number of anilines is 1. The molecule has 3 aromatic carbocycles. The monoisotopic (exact) mass is 339 g/mol. The van der Waals surface area contributed by atoms with E-state index in [9.17, 15) is 8.42 Å². The third-order valence-corrected chi connectivity index (χ3v) is 4.80. The maximum Gasteiger partial charge on any atom is 0.294 e. The second-order valence-electron chi connectivity index (χ2n) is 5.50. The molecular formula is C19H17NO3S. The van der Waals surface area contributed by atoms with E-state index in [1.165, 1.54) is 34.4 Å². The Kier molecular flexibility index (Phi) is 4.38. The van der Waals surface area contributed by atoms with Gasteiger partial charge in [0.1, 0.15) is 0 Å². The third kappa shape index (κ3) is 3.32. The van der Waals surface area contributed by atoms with Crippen LogP contribution in [-0.2, 0) is 16.5 Å². The summed E-state index contributed by atoms with van der Waals surface area (Å²) < 4.78 is 29.2. The first-order chi connectivity index (χ1) is 11.5. The van der Waals surface area contributed by atoms with Gasteiger partial charge in [-0.25, -0.2) is 0 Å². The molecule has 3 aromatic rings. The molecule has 0 spiro atoms. The van der Waals surface area contributed by atoms with Gasteiger partial charge in [0.2, 0.25) is 0 Å². The standard InChI is InChI=1S/C13H11N.C6H6O3S/c14-13-7-3-6-11-10-5-2-1-4-9(10)8-12(11)13;7-10(8,9)6-4-2-1-3-5-6/h1-7H,8,14H2;1-5H,(H,7,8,9). The topological polar surface area (TPSA) is 80.4 Å². The van der Waals surface area contributed by atoms with E-state index in [0.717, 1.165) is 12.1 Å². The van der Waals surface area contributed by atoms with Crippen LogP contribution in [0, 0.1) is 0 Å². The summed E-state index contributed by atoms with van der Waals surface area (Å²) >= 11 is 0. The highest BCUT2D eigenvalue weighted by atomic mass is 32.2. The molecule has 4 rings (SSSR count). The molecule has 0 heterocycles. The van der Waals surface area contributed by atoms with Gasteiger partial charge in [-0.2, -0.15) is 8.42 Å². The van der Waals surface area contributed by atoms with Crippen molar-refractivity contribution in [1.82, 2.24) is 0 Å². The van der Waals surface area contributed by atoms with Crippen molar-refractivity contribution in [3.8, 4) is 11.1 Å². The van der Waals surface area contributed by atoms with Gasteiger partial charge in [-0.15, -0.1) is 0 Å². The van der Waals surface area contributed by atoms with Gasteiger partial charge in [0, 0.05) is 12.1 Å². The molecule has 24 heavy (non-hydrogen) atoms. The first-order valence-corrected chi connectivity index (χ1v) is 8.89. The Labute approximate surface area is 141 Å². The van der Waals surface area contributed by atoms with E-state index in [1.54, 1.807) is 18.2 Å². The van der Waals surface area contributed by atoms with Crippen LogP contribution in [-0.4, -0.2) is 13.0 Å². The molecule has 0 saturated carbocycles. The summed E-state index contributed by atoms with van der Waals surface area (Å²) in [6, 6.07) is 22.1. The van der Waals surface area contributed by atoms with Crippen molar-refractivity contribution in [2.45, 2.75) is 11.3 Å². The zero-order chi connectivity index (χ0) is 17.2. The van der Waals surface area contributed by atoms with Gasteiger partial charge >= 0.3 is 0 Å². The van der Waals surface area contributed by atoms with Crippen molar-refractivity contribution < 1.29 is 13.0 Å². The van der Waals surface area contributed by atoms with Crippen LogP contribution in [0.5, 0.6) is 0 Å². The molecule has 1 aliphatic rings. The zero-order valence-corrected chi connectivity index (χ0v) is 13.7. The number of hydrogen-bond donors (Lipinski definition) is 2. The fourth-order valence-corrected chi connectivity index (χ4v) is 3.28. The largest absolute Gasteiger partial charge is 0.398 e. The lowest BCUT2D eigenvalue weighted by atomic mass is 10.1. The Morgan fingerprint density at radius 2 is 1.42 bits per heavy atom. The molecule has 0 bridgehead atoms. The van der Waals surface area contributed by atoms with Gasteiger partial charge in [-0.3, -0.25) is 4.55 Å². The molecule has 3 N–H and O–H groups in total. The maximum absolute atomic E-state index is 10.4. The predicted octanol–water partition coefficient (Wildman–Crippen LogP) is 3.77. The van der Waals surface area contributed by atoms with Gasteiger partial charge < -0.3 is 5.73 Å². The predicted molar refractivity (Wildman–Crippen MR) is 95.4 cm³/mol. The minimum absolute atomic E-state index is 0.0741. The first kappa shape index (κ1) is 16.2. The molecule has 0 unspecified atom stereocenters. The van der Waals surface area contributed by atoms with Crippen LogP contribution < -0.4 is 5.73 Å². The van der Waals surface area contributed by atoms with Gasteiger partial charge in [0.25, 0.3) is 10.1 Å². The lowest BCUT2D eigenvalue weighted by Crippen LogP contribution is -1.96. The molecule has 4 nitrogen and oxygen atoms in total.